The van der Waals surface area contributed by atoms with Gasteiger partial charge in [0.2, 0.25) is 11.8 Å². The summed E-state index contributed by atoms with van der Waals surface area (Å²) >= 11 is 0. The van der Waals surface area contributed by atoms with Gasteiger partial charge < -0.3 is 10.2 Å². The van der Waals surface area contributed by atoms with Gasteiger partial charge in [-0.05, 0) is 36.5 Å². The second kappa shape index (κ2) is 7.43. The van der Waals surface area contributed by atoms with Crippen molar-refractivity contribution in [2.75, 3.05) is 11.4 Å². The summed E-state index contributed by atoms with van der Waals surface area (Å²) in [4.78, 5) is 25.4. The van der Waals surface area contributed by atoms with Crippen molar-refractivity contribution < 1.29 is 9.59 Å². The maximum Gasteiger partial charge on any atom is 0.240 e. The predicted octanol–water partition coefficient (Wildman–Crippen LogP) is 3.25. The van der Waals surface area contributed by atoms with Gasteiger partial charge in [0.15, 0.2) is 0 Å². The van der Waals surface area contributed by atoms with Crippen molar-refractivity contribution in [1.29, 1.82) is 0 Å². The normalized spacial score (nSPS) is 12.6. The monoisotopic (exact) mass is 304 g/mol. The Balaban J connectivity index is 2.88. The van der Waals surface area contributed by atoms with E-state index >= 15 is 0 Å². The molecule has 1 N–H and O–H groups in total. The highest BCUT2D eigenvalue weighted by atomic mass is 16.2. The molecule has 0 spiro atoms. The van der Waals surface area contributed by atoms with Crippen LogP contribution < -0.4 is 10.2 Å². The highest BCUT2D eigenvalue weighted by Gasteiger charge is 2.18. The molecule has 4 nitrogen and oxygen atoms in total. The second-order valence-corrected chi connectivity index (χ2v) is 6.78. The van der Waals surface area contributed by atoms with Crippen molar-refractivity contribution in [2.24, 2.45) is 0 Å². The number of carbonyl (C=O) groups is 2. The predicted molar refractivity (Wildman–Crippen MR) is 91.1 cm³/mol. The van der Waals surface area contributed by atoms with Crippen LogP contribution in [0.4, 0.5) is 5.69 Å². The summed E-state index contributed by atoms with van der Waals surface area (Å²) in [6.45, 7) is 11.9. The molecule has 0 aliphatic carbocycles. The quantitative estimate of drug-likeness (QED) is 0.908. The first-order valence-corrected chi connectivity index (χ1v) is 7.83. The number of benzene rings is 1. The first-order chi connectivity index (χ1) is 10.1. The number of hydrogen-bond acceptors (Lipinski definition) is 2. The van der Waals surface area contributed by atoms with Crippen LogP contribution in [0.2, 0.25) is 0 Å². The third kappa shape index (κ3) is 5.17. The van der Waals surface area contributed by atoms with E-state index in [1.54, 1.807) is 0 Å². The molecule has 0 aromatic heterocycles. The van der Waals surface area contributed by atoms with Gasteiger partial charge in [0.1, 0.15) is 6.54 Å². The van der Waals surface area contributed by atoms with Gasteiger partial charge in [0.05, 0.1) is 0 Å². The topological polar surface area (TPSA) is 49.4 Å². The molecule has 0 fully saturated rings. The molecule has 0 heterocycles. The lowest BCUT2D eigenvalue weighted by atomic mass is 9.87. The van der Waals surface area contributed by atoms with E-state index in [4.69, 9.17) is 0 Å². The zero-order valence-corrected chi connectivity index (χ0v) is 14.6. The minimum Gasteiger partial charge on any atom is -0.352 e. The number of anilines is 1. The van der Waals surface area contributed by atoms with E-state index in [-0.39, 0.29) is 29.8 Å². The van der Waals surface area contributed by atoms with Crippen molar-refractivity contribution in [2.45, 2.75) is 59.4 Å². The fourth-order valence-corrected chi connectivity index (χ4v) is 2.09. The molecular weight excluding hydrogens is 276 g/mol. The molecule has 0 saturated heterocycles. The summed E-state index contributed by atoms with van der Waals surface area (Å²) in [5.74, 6) is -0.271. The first kappa shape index (κ1) is 18.2. The molecule has 4 heteroatoms. The maximum absolute atomic E-state index is 12.0. The fraction of sp³-hybridized carbons (Fsp3) is 0.556. The van der Waals surface area contributed by atoms with Gasteiger partial charge in [0.25, 0.3) is 0 Å². The van der Waals surface area contributed by atoms with E-state index in [1.807, 2.05) is 38.1 Å². The summed E-state index contributed by atoms with van der Waals surface area (Å²) in [5, 5.41) is 2.89. The summed E-state index contributed by atoms with van der Waals surface area (Å²) in [7, 11) is 0. The number of hydrogen-bond donors (Lipinski definition) is 1. The number of nitrogens with zero attached hydrogens (tertiary/aromatic N) is 1. The lowest BCUT2D eigenvalue weighted by molar-refractivity contribution is -0.123. The molecule has 1 atom stereocenters. The van der Waals surface area contributed by atoms with E-state index in [0.717, 1.165) is 12.1 Å². The van der Waals surface area contributed by atoms with Gasteiger partial charge in [-0.2, -0.15) is 0 Å². The number of nitrogens with one attached hydrogen (secondary N) is 1. The van der Waals surface area contributed by atoms with Gasteiger partial charge in [-0.15, -0.1) is 0 Å². The fourth-order valence-electron chi connectivity index (χ4n) is 2.09. The van der Waals surface area contributed by atoms with E-state index in [0.29, 0.717) is 0 Å². The molecule has 0 bridgehead atoms. The SMILES string of the molecule is CCC(C)NC(=O)CN(C(C)=O)c1ccc(C(C)(C)C)cc1. The molecular formula is C18H28N2O2. The average molecular weight is 304 g/mol. The van der Waals surface area contributed by atoms with E-state index in [9.17, 15) is 9.59 Å². The molecule has 0 saturated carbocycles. The van der Waals surface area contributed by atoms with E-state index < -0.39 is 0 Å². The Hall–Kier alpha value is -1.84. The van der Waals surface area contributed by atoms with Gasteiger partial charge in [0, 0.05) is 18.7 Å². The van der Waals surface area contributed by atoms with E-state index in [1.165, 1.54) is 17.4 Å². The lowest BCUT2D eigenvalue weighted by Gasteiger charge is -2.24. The number of amides is 2. The third-order valence-electron chi connectivity index (χ3n) is 3.75. The largest absolute Gasteiger partial charge is 0.352 e. The van der Waals surface area contributed by atoms with Crippen molar-refractivity contribution in [3.63, 3.8) is 0 Å². The van der Waals surface area contributed by atoms with Crippen molar-refractivity contribution in [1.82, 2.24) is 5.32 Å². The lowest BCUT2D eigenvalue weighted by Crippen LogP contribution is -2.42. The Bertz CT molecular complexity index is 515. The van der Waals surface area contributed by atoms with Crippen LogP contribution in [0.25, 0.3) is 0 Å². The highest BCUT2D eigenvalue weighted by molar-refractivity contribution is 5.97. The van der Waals surface area contributed by atoms with Crippen LogP contribution in [0.15, 0.2) is 24.3 Å². The Morgan fingerprint density at radius 2 is 1.73 bits per heavy atom. The Labute approximate surface area is 133 Å². The van der Waals surface area contributed by atoms with Crippen LogP contribution in [0.5, 0.6) is 0 Å². The average Bonchev–Trinajstić information content (AvgIpc) is 2.43. The van der Waals surface area contributed by atoms with Crippen molar-refractivity contribution in [3.8, 4) is 0 Å². The smallest absolute Gasteiger partial charge is 0.240 e. The Kier molecular flexibility index (Phi) is 6.15. The van der Waals surface area contributed by atoms with Crippen LogP contribution in [-0.4, -0.2) is 24.4 Å². The minimum absolute atomic E-state index is 0.0501. The van der Waals surface area contributed by atoms with Crippen LogP contribution in [0.1, 0.15) is 53.5 Å². The van der Waals surface area contributed by atoms with Crippen LogP contribution in [0, 0.1) is 0 Å². The zero-order valence-electron chi connectivity index (χ0n) is 14.6. The van der Waals surface area contributed by atoms with Crippen molar-refractivity contribution >= 4 is 17.5 Å². The molecule has 1 rings (SSSR count). The number of rotatable bonds is 5. The Morgan fingerprint density at radius 3 is 2.14 bits per heavy atom. The molecule has 0 aliphatic heterocycles. The van der Waals surface area contributed by atoms with E-state index in [2.05, 4.69) is 26.1 Å². The van der Waals surface area contributed by atoms with Crippen LogP contribution in [0.3, 0.4) is 0 Å². The third-order valence-corrected chi connectivity index (χ3v) is 3.75. The molecule has 0 aliphatic rings. The molecule has 2 amide bonds. The van der Waals surface area contributed by atoms with Gasteiger partial charge in [-0.25, -0.2) is 0 Å². The van der Waals surface area contributed by atoms with Gasteiger partial charge in [-0.1, -0.05) is 39.8 Å². The van der Waals surface area contributed by atoms with Gasteiger partial charge in [-0.3, -0.25) is 9.59 Å². The molecule has 0 radical (unpaired) electrons. The second-order valence-electron chi connectivity index (χ2n) is 6.78. The highest BCUT2D eigenvalue weighted by Crippen LogP contribution is 2.25. The van der Waals surface area contributed by atoms with Gasteiger partial charge >= 0.3 is 0 Å². The molecule has 1 unspecified atom stereocenters. The van der Waals surface area contributed by atoms with Crippen molar-refractivity contribution in [3.05, 3.63) is 29.8 Å². The Morgan fingerprint density at radius 1 is 1.18 bits per heavy atom. The molecule has 1 aromatic rings. The maximum atomic E-state index is 12.0. The zero-order chi connectivity index (χ0) is 16.9. The summed E-state index contributed by atoms with van der Waals surface area (Å²) in [5.41, 5.74) is 2.01. The first-order valence-electron chi connectivity index (χ1n) is 7.83. The standard InChI is InChI=1S/C18H28N2O2/c1-7-13(2)19-17(22)12-20(14(3)21)16-10-8-15(9-11-16)18(4,5)6/h8-11,13H,7,12H2,1-6H3,(H,19,22). The minimum atomic E-state index is -0.136. The molecule has 122 valence electrons. The molecule has 22 heavy (non-hydrogen) atoms. The number of carbonyl (C=O) groups excluding carboxylic acids is 2. The summed E-state index contributed by atoms with van der Waals surface area (Å²) < 4.78 is 0. The van der Waals surface area contributed by atoms with Crippen LogP contribution >= 0.6 is 0 Å². The molecule has 1 aromatic carbocycles. The summed E-state index contributed by atoms with van der Waals surface area (Å²) in [6, 6.07) is 7.94. The summed E-state index contributed by atoms with van der Waals surface area (Å²) in [6.07, 6.45) is 0.867. The van der Waals surface area contributed by atoms with Crippen LogP contribution in [-0.2, 0) is 15.0 Å².